The van der Waals surface area contributed by atoms with Crippen LogP contribution in [0.5, 0.6) is 0 Å². The Morgan fingerprint density at radius 1 is 1.24 bits per heavy atom. The average Bonchev–Trinajstić information content (AvgIpc) is 3.40. The van der Waals surface area contributed by atoms with E-state index in [4.69, 9.17) is 9.40 Å². The molecular formula is C28H35N3O3. The van der Waals surface area contributed by atoms with Gasteiger partial charge in [0.15, 0.2) is 0 Å². The average molecular weight is 462 g/mol. The van der Waals surface area contributed by atoms with Crippen LogP contribution in [0.15, 0.2) is 41.1 Å². The molecule has 34 heavy (non-hydrogen) atoms. The fourth-order valence-electron chi connectivity index (χ4n) is 4.14. The zero-order valence-corrected chi connectivity index (χ0v) is 20.8. The van der Waals surface area contributed by atoms with Gasteiger partial charge in [-0.15, -0.1) is 0 Å². The molecular weight excluding hydrogens is 426 g/mol. The summed E-state index contributed by atoms with van der Waals surface area (Å²) in [4.78, 5) is 23.1. The van der Waals surface area contributed by atoms with E-state index >= 15 is 0 Å². The van der Waals surface area contributed by atoms with Crippen molar-refractivity contribution in [3.63, 3.8) is 0 Å². The Hall–Kier alpha value is -3.09. The first-order chi connectivity index (χ1) is 16.4. The van der Waals surface area contributed by atoms with E-state index in [-0.39, 0.29) is 5.92 Å². The topological polar surface area (TPSA) is 79.5 Å². The Balaban J connectivity index is 1.88. The Morgan fingerprint density at radius 3 is 2.65 bits per heavy atom. The van der Waals surface area contributed by atoms with E-state index in [2.05, 4.69) is 29.8 Å². The number of rotatable bonds is 10. The lowest BCUT2D eigenvalue weighted by Crippen LogP contribution is -2.32. The fraction of sp³-hybridized carbons (Fsp3) is 0.393. The van der Waals surface area contributed by atoms with Crippen LogP contribution in [0.2, 0.25) is 0 Å². The minimum atomic E-state index is -0.560. The van der Waals surface area contributed by atoms with E-state index < -0.39 is 6.10 Å². The minimum absolute atomic E-state index is 0.141. The van der Waals surface area contributed by atoms with E-state index in [1.807, 2.05) is 51.2 Å². The molecule has 1 aromatic carbocycles. The summed E-state index contributed by atoms with van der Waals surface area (Å²) in [6.07, 6.45) is 9.06. The fourth-order valence-corrected chi connectivity index (χ4v) is 4.14. The highest BCUT2D eigenvalue weighted by molar-refractivity contribution is 5.81. The lowest BCUT2D eigenvalue weighted by atomic mass is 9.92. The number of hydrogen-bond donors (Lipinski definition) is 1. The summed E-state index contributed by atoms with van der Waals surface area (Å²) in [5.41, 5.74) is 4.14. The van der Waals surface area contributed by atoms with Crippen LogP contribution in [0.3, 0.4) is 0 Å². The zero-order chi connectivity index (χ0) is 24.7. The Bertz CT molecular complexity index is 1220. The highest BCUT2D eigenvalue weighted by atomic mass is 16.3. The van der Waals surface area contributed by atoms with Gasteiger partial charge in [0.1, 0.15) is 12.5 Å². The lowest BCUT2D eigenvalue weighted by molar-refractivity contribution is 0.112. The molecule has 0 aliphatic rings. The van der Waals surface area contributed by atoms with Crippen molar-refractivity contribution in [2.45, 2.75) is 53.2 Å². The van der Waals surface area contributed by atoms with Crippen molar-refractivity contribution in [2.75, 3.05) is 13.6 Å². The predicted molar refractivity (Wildman–Crippen MR) is 136 cm³/mol. The van der Waals surface area contributed by atoms with E-state index in [0.717, 1.165) is 45.7 Å². The molecule has 0 saturated heterocycles. The maximum atomic E-state index is 11.7. The van der Waals surface area contributed by atoms with Gasteiger partial charge < -0.3 is 14.4 Å². The van der Waals surface area contributed by atoms with Gasteiger partial charge in [-0.1, -0.05) is 44.6 Å². The van der Waals surface area contributed by atoms with Crippen molar-refractivity contribution in [1.29, 1.82) is 0 Å². The monoisotopic (exact) mass is 461 g/mol. The SMILES string of the molecule is C/C=c1/cc(C(O)C(C)CC)c(CCN(C)Cc2c(C=O)cccc2-c2ncco2)n/c1=C/C. The number of aromatic nitrogens is 2. The molecule has 6 heteroatoms. The highest BCUT2D eigenvalue weighted by Crippen LogP contribution is 2.27. The van der Waals surface area contributed by atoms with E-state index in [0.29, 0.717) is 31.0 Å². The second kappa shape index (κ2) is 11.9. The third-order valence-corrected chi connectivity index (χ3v) is 6.44. The van der Waals surface area contributed by atoms with Gasteiger partial charge in [0.2, 0.25) is 5.89 Å². The Kier molecular flexibility index (Phi) is 8.91. The van der Waals surface area contributed by atoms with Gasteiger partial charge in [-0.25, -0.2) is 4.98 Å². The first-order valence-corrected chi connectivity index (χ1v) is 11.9. The number of carbonyl (C=O) groups excluding carboxylic acids is 1. The number of likely N-dealkylation sites (N-methyl/N-ethyl adjacent to an activating group) is 1. The summed E-state index contributed by atoms with van der Waals surface area (Å²) < 4.78 is 5.50. The Morgan fingerprint density at radius 2 is 2.03 bits per heavy atom. The van der Waals surface area contributed by atoms with Gasteiger partial charge in [-0.2, -0.15) is 0 Å². The van der Waals surface area contributed by atoms with Crippen molar-refractivity contribution in [2.24, 2.45) is 5.92 Å². The summed E-state index contributed by atoms with van der Waals surface area (Å²) in [5.74, 6) is 0.643. The van der Waals surface area contributed by atoms with E-state index in [9.17, 15) is 9.90 Å². The second-order valence-electron chi connectivity index (χ2n) is 8.72. The summed E-state index contributed by atoms with van der Waals surface area (Å²) in [5, 5.41) is 13.0. The van der Waals surface area contributed by atoms with Gasteiger partial charge >= 0.3 is 0 Å². The molecule has 0 aliphatic carbocycles. The highest BCUT2D eigenvalue weighted by Gasteiger charge is 2.20. The number of aliphatic hydroxyl groups excluding tert-OH is 1. The van der Waals surface area contributed by atoms with Gasteiger partial charge in [0.05, 0.1) is 17.6 Å². The van der Waals surface area contributed by atoms with Crippen molar-refractivity contribution in [3.8, 4) is 11.5 Å². The van der Waals surface area contributed by atoms with Crippen molar-refractivity contribution in [3.05, 3.63) is 69.7 Å². The third-order valence-electron chi connectivity index (χ3n) is 6.44. The van der Waals surface area contributed by atoms with Crippen LogP contribution in [0, 0.1) is 5.92 Å². The lowest BCUT2D eigenvalue weighted by Gasteiger charge is -2.23. The molecule has 0 amide bonds. The van der Waals surface area contributed by atoms with Crippen molar-refractivity contribution >= 4 is 18.4 Å². The molecule has 1 N–H and O–H groups in total. The van der Waals surface area contributed by atoms with Crippen LogP contribution in [-0.2, 0) is 13.0 Å². The minimum Gasteiger partial charge on any atom is -0.445 e. The molecule has 2 aromatic heterocycles. The van der Waals surface area contributed by atoms with Crippen LogP contribution in [-0.4, -0.2) is 39.9 Å². The number of oxazole rings is 1. The quantitative estimate of drug-likeness (QED) is 0.461. The van der Waals surface area contributed by atoms with Crippen LogP contribution >= 0.6 is 0 Å². The Labute approximate surface area is 201 Å². The molecule has 0 spiro atoms. The first-order valence-electron chi connectivity index (χ1n) is 11.9. The third kappa shape index (κ3) is 5.69. The number of pyridine rings is 1. The summed E-state index contributed by atoms with van der Waals surface area (Å²) >= 11 is 0. The van der Waals surface area contributed by atoms with Crippen LogP contribution in [0.25, 0.3) is 23.6 Å². The molecule has 2 unspecified atom stereocenters. The normalized spacial score (nSPS) is 14.6. The summed E-state index contributed by atoms with van der Waals surface area (Å²) in [6, 6.07) is 7.66. The summed E-state index contributed by atoms with van der Waals surface area (Å²) in [7, 11) is 2.02. The predicted octanol–water partition coefficient (Wildman–Crippen LogP) is 3.90. The largest absolute Gasteiger partial charge is 0.445 e. The summed E-state index contributed by atoms with van der Waals surface area (Å²) in [6.45, 7) is 9.40. The van der Waals surface area contributed by atoms with Gasteiger partial charge in [-0.3, -0.25) is 9.78 Å². The molecule has 2 atom stereocenters. The number of benzene rings is 1. The van der Waals surface area contributed by atoms with Crippen molar-refractivity contribution in [1.82, 2.24) is 14.9 Å². The van der Waals surface area contributed by atoms with E-state index in [1.165, 1.54) is 6.26 Å². The molecule has 0 saturated carbocycles. The first kappa shape index (κ1) is 25.5. The maximum Gasteiger partial charge on any atom is 0.226 e. The molecule has 3 rings (SSSR count). The van der Waals surface area contributed by atoms with Gasteiger partial charge in [-0.05, 0) is 49.7 Å². The number of aldehydes is 1. The zero-order valence-electron chi connectivity index (χ0n) is 20.8. The molecule has 180 valence electrons. The number of carbonyl (C=O) groups is 1. The standard InChI is InChI=1S/C28H35N3O3/c1-6-19(4)27(33)23-16-20(7-2)25(8-3)30-26(23)12-14-31(5)17-24-21(18-32)10-9-11-22(24)28-29-13-15-34-28/h7-11,13,15-16,18-19,27,33H,6,12,14,17H2,1-5H3/b20-7-,25-8+. The molecule has 3 aromatic rings. The smallest absolute Gasteiger partial charge is 0.226 e. The molecule has 0 radical (unpaired) electrons. The molecule has 6 nitrogen and oxygen atoms in total. The second-order valence-corrected chi connectivity index (χ2v) is 8.72. The van der Waals surface area contributed by atoms with Crippen molar-refractivity contribution < 1.29 is 14.3 Å². The number of aliphatic hydroxyl groups is 1. The molecule has 0 bridgehead atoms. The number of hydrogen-bond acceptors (Lipinski definition) is 6. The molecule has 2 heterocycles. The number of nitrogens with zero attached hydrogens (tertiary/aromatic N) is 3. The molecule has 0 aliphatic heterocycles. The maximum absolute atomic E-state index is 11.7. The van der Waals surface area contributed by atoms with Gasteiger partial charge in [0.25, 0.3) is 0 Å². The van der Waals surface area contributed by atoms with Crippen LogP contribution in [0.1, 0.15) is 67.4 Å². The van der Waals surface area contributed by atoms with Crippen LogP contribution in [0.4, 0.5) is 0 Å². The molecule has 0 fully saturated rings. The van der Waals surface area contributed by atoms with Gasteiger partial charge in [0, 0.05) is 41.9 Å². The van der Waals surface area contributed by atoms with Crippen LogP contribution < -0.4 is 10.6 Å². The van der Waals surface area contributed by atoms with E-state index in [1.54, 1.807) is 6.20 Å².